The van der Waals surface area contributed by atoms with Crippen LogP contribution in [0.3, 0.4) is 0 Å². The maximum atomic E-state index is 11.9. The van der Waals surface area contributed by atoms with Crippen LogP contribution in [0.4, 0.5) is 5.82 Å². The van der Waals surface area contributed by atoms with Crippen LogP contribution >= 0.6 is 31.9 Å². The Labute approximate surface area is 131 Å². The van der Waals surface area contributed by atoms with E-state index < -0.39 is 29.0 Å². The van der Waals surface area contributed by atoms with Crippen LogP contribution in [0, 0.1) is 0 Å². The van der Waals surface area contributed by atoms with Gasteiger partial charge in [-0.2, -0.15) is 4.98 Å². The van der Waals surface area contributed by atoms with Gasteiger partial charge in [0.15, 0.2) is 6.23 Å². The lowest BCUT2D eigenvalue weighted by Gasteiger charge is -2.18. The zero-order valence-electron chi connectivity index (χ0n) is 10.2. The molecule has 4 atom stereocenters. The van der Waals surface area contributed by atoms with Gasteiger partial charge < -0.3 is 20.7 Å². The number of aliphatic hydroxyl groups is 2. The van der Waals surface area contributed by atoms with E-state index in [9.17, 15) is 9.90 Å². The monoisotopic (exact) mass is 409 g/mol. The number of nitrogens with two attached hydrogens (primary N) is 1. The molecule has 0 aliphatic carbocycles. The average Bonchev–Trinajstić information content (AvgIpc) is 2.70. The Balaban J connectivity index is 2.43. The van der Waals surface area contributed by atoms with Crippen LogP contribution in [0.1, 0.15) is 11.8 Å². The highest BCUT2D eigenvalue weighted by atomic mass is 79.9. The van der Waals surface area contributed by atoms with Crippen LogP contribution in [0.25, 0.3) is 6.08 Å². The molecule has 0 spiro atoms. The largest absolute Gasteiger partial charge is 0.394 e. The van der Waals surface area contributed by atoms with Gasteiger partial charge in [-0.25, -0.2) is 4.79 Å². The molecule has 0 amide bonds. The second kappa shape index (κ2) is 6.35. The molecular formula is C11H13Br2N3O4. The molecule has 1 saturated heterocycles. The van der Waals surface area contributed by atoms with Crippen molar-refractivity contribution in [3.8, 4) is 0 Å². The molecule has 0 bridgehead atoms. The van der Waals surface area contributed by atoms with Gasteiger partial charge in [0.25, 0.3) is 0 Å². The third kappa shape index (κ3) is 2.82. The van der Waals surface area contributed by atoms with Crippen LogP contribution < -0.4 is 11.4 Å². The third-order valence-electron chi connectivity index (χ3n) is 3.00. The van der Waals surface area contributed by atoms with Crippen molar-refractivity contribution in [1.29, 1.82) is 0 Å². The summed E-state index contributed by atoms with van der Waals surface area (Å²) in [6.07, 6.45) is 0.551. The van der Waals surface area contributed by atoms with Gasteiger partial charge in [0.2, 0.25) is 0 Å². The summed E-state index contributed by atoms with van der Waals surface area (Å²) in [5.41, 5.74) is 5.52. The Hall–Kier alpha value is -0.740. The van der Waals surface area contributed by atoms with E-state index in [1.54, 1.807) is 11.1 Å². The van der Waals surface area contributed by atoms with E-state index in [1.165, 1.54) is 6.20 Å². The van der Waals surface area contributed by atoms with E-state index in [0.29, 0.717) is 5.56 Å². The number of nitrogen functional groups attached to an aromatic ring is 1. The highest BCUT2D eigenvalue weighted by Crippen LogP contribution is 2.33. The van der Waals surface area contributed by atoms with E-state index >= 15 is 0 Å². The number of anilines is 1. The van der Waals surface area contributed by atoms with Crippen molar-refractivity contribution in [3.63, 3.8) is 0 Å². The quantitative estimate of drug-likeness (QED) is 0.614. The standard InChI is InChI=1S/C11H13Br2N3O4/c12-2-1-5-3-16(11(19)15-9(5)14)10-8(18)7(13)6(4-17)20-10/h1-3,6-8,10,17-18H,4H2,(H2,14,15,19)/b2-1+/t6-,7+,8-,10-/m1/s1. The molecule has 0 saturated carbocycles. The predicted molar refractivity (Wildman–Crippen MR) is 80.6 cm³/mol. The number of hydrogen-bond acceptors (Lipinski definition) is 6. The maximum Gasteiger partial charge on any atom is 0.351 e. The van der Waals surface area contributed by atoms with Gasteiger partial charge >= 0.3 is 5.69 Å². The number of rotatable bonds is 3. The molecule has 0 aromatic carbocycles. The van der Waals surface area contributed by atoms with E-state index in [1.807, 2.05) is 0 Å². The molecule has 1 aromatic rings. The molecule has 0 unspecified atom stereocenters. The first kappa shape index (κ1) is 15.6. The highest BCUT2D eigenvalue weighted by molar-refractivity contribution is 9.11. The Morgan fingerprint density at radius 3 is 2.85 bits per heavy atom. The Bertz CT molecular complexity index is 577. The number of aromatic nitrogens is 2. The maximum absolute atomic E-state index is 11.9. The molecule has 110 valence electrons. The van der Waals surface area contributed by atoms with Crippen LogP contribution in [-0.2, 0) is 4.74 Å². The zero-order chi connectivity index (χ0) is 14.9. The van der Waals surface area contributed by atoms with Crippen molar-refractivity contribution in [2.75, 3.05) is 12.3 Å². The fraction of sp³-hybridized carbons (Fsp3) is 0.455. The lowest BCUT2D eigenvalue weighted by Crippen LogP contribution is -2.34. The van der Waals surface area contributed by atoms with Gasteiger partial charge in [-0.1, -0.05) is 31.9 Å². The van der Waals surface area contributed by atoms with E-state index in [0.717, 1.165) is 4.57 Å². The van der Waals surface area contributed by atoms with Crippen molar-refractivity contribution in [1.82, 2.24) is 9.55 Å². The second-order valence-corrected chi connectivity index (χ2v) is 5.83. The minimum atomic E-state index is -0.990. The number of aliphatic hydroxyl groups excluding tert-OH is 2. The second-order valence-electron chi connectivity index (χ2n) is 4.25. The summed E-state index contributed by atoms with van der Waals surface area (Å²) in [5, 5.41) is 19.3. The molecule has 1 aromatic heterocycles. The average molecular weight is 411 g/mol. The Kier molecular flexibility index (Phi) is 4.97. The minimum Gasteiger partial charge on any atom is -0.394 e. The molecule has 0 radical (unpaired) electrons. The van der Waals surface area contributed by atoms with Crippen LogP contribution in [0.15, 0.2) is 16.0 Å². The fourth-order valence-corrected chi connectivity index (χ4v) is 2.80. The van der Waals surface area contributed by atoms with Crippen LogP contribution in [0.2, 0.25) is 0 Å². The molecule has 20 heavy (non-hydrogen) atoms. The van der Waals surface area contributed by atoms with Gasteiger partial charge in [0, 0.05) is 11.8 Å². The van der Waals surface area contributed by atoms with E-state index in [4.69, 9.17) is 15.6 Å². The number of nitrogens with zero attached hydrogens (tertiary/aromatic N) is 2. The fourth-order valence-electron chi connectivity index (χ4n) is 1.96. The summed E-state index contributed by atoms with van der Waals surface area (Å²) in [5.74, 6) is 0.0866. The molecule has 1 aliphatic heterocycles. The smallest absolute Gasteiger partial charge is 0.351 e. The van der Waals surface area contributed by atoms with Crippen LogP contribution in [-0.4, -0.2) is 43.4 Å². The molecule has 7 nitrogen and oxygen atoms in total. The summed E-state index contributed by atoms with van der Waals surface area (Å²) in [4.78, 5) is 16.7. The van der Waals surface area contributed by atoms with Gasteiger partial charge in [-0.05, 0) is 11.1 Å². The summed E-state index contributed by atoms with van der Waals surface area (Å²) >= 11 is 6.36. The van der Waals surface area contributed by atoms with Gasteiger partial charge in [0.1, 0.15) is 11.9 Å². The van der Waals surface area contributed by atoms with Crippen molar-refractivity contribution in [2.24, 2.45) is 0 Å². The first-order chi connectivity index (χ1) is 9.49. The van der Waals surface area contributed by atoms with Crippen molar-refractivity contribution in [2.45, 2.75) is 23.3 Å². The summed E-state index contributed by atoms with van der Waals surface area (Å²) in [7, 11) is 0. The molecule has 1 aliphatic rings. The summed E-state index contributed by atoms with van der Waals surface area (Å²) in [6, 6.07) is 0. The van der Waals surface area contributed by atoms with Crippen molar-refractivity contribution >= 4 is 43.8 Å². The lowest BCUT2D eigenvalue weighted by atomic mass is 10.2. The number of halogens is 2. The topological polar surface area (TPSA) is 111 Å². The molecule has 4 N–H and O–H groups in total. The van der Waals surface area contributed by atoms with E-state index in [-0.39, 0.29) is 12.4 Å². The van der Waals surface area contributed by atoms with Crippen LogP contribution in [0.5, 0.6) is 0 Å². The Morgan fingerprint density at radius 2 is 2.30 bits per heavy atom. The number of ether oxygens (including phenoxy) is 1. The molecular weight excluding hydrogens is 398 g/mol. The minimum absolute atomic E-state index is 0.0866. The van der Waals surface area contributed by atoms with Gasteiger partial charge in [0.05, 0.1) is 17.5 Å². The Morgan fingerprint density at radius 1 is 1.60 bits per heavy atom. The summed E-state index contributed by atoms with van der Waals surface area (Å²) < 4.78 is 6.63. The zero-order valence-corrected chi connectivity index (χ0v) is 13.4. The lowest BCUT2D eigenvalue weighted by molar-refractivity contribution is -0.0529. The SMILES string of the molecule is Nc1nc(=O)n([C@@H]2O[C@H](CO)[C@H](Br)[C@H]2O)cc1/C=C/Br. The van der Waals surface area contributed by atoms with Crippen molar-refractivity contribution in [3.05, 3.63) is 27.2 Å². The van der Waals surface area contributed by atoms with Crippen molar-refractivity contribution < 1.29 is 14.9 Å². The molecule has 2 rings (SSSR count). The molecule has 2 heterocycles. The normalized spacial score (nSPS) is 30.2. The third-order valence-corrected chi connectivity index (χ3v) is 4.39. The summed E-state index contributed by atoms with van der Waals surface area (Å²) in [6.45, 7) is -0.269. The number of alkyl halides is 1. The van der Waals surface area contributed by atoms with E-state index in [2.05, 4.69) is 36.8 Å². The predicted octanol–water partition coefficient (Wildman–Crippen LogP) is 0.205. The van der Waals surface area contributed by atoms with Gasteiger partial charge in [-0.3, -0.25) is 4.57 Å². The molecule has 9 heteroatoms. The first-order valence-electron chi connectivity index (χ1n) is 5.73. The first-order valence-corrected chi connectivity index (χ1v) is 7.56. The van der Waals surface area contributed by atoms with Gasteiger partial charge in [-0.15, -0.1) is 0 Å². The number of hydrogen-bond donors (Lipinski definition) is 3. The highest BCUT2D eigenvalue weighted by Gasteiger charge is 2.43. The molecule has 1 fully saturated rings.